The lowest BCUT2D eigenvalue weighted by molar-refractivity contribution is -0.385. The number of aromatic nitrogens is 1. The van der Waals surface area contributed by atoms with Gasteiger partial charge in [-0.2, -0.15) is 0 Å². The predicted octanol–water partition coefficient (Wildman–Crippen LogP) is 1.81. The van der Waals surface area contributed by atoms with Gasteiger partial charge in [0.2, 0.25) is 0 Å². The summed E-state index contributed by atoms with van der Waals surface area (Å²) in [5.74, 6) is -1.53. The molecule has 1 heterocycles. The zero-order chi connectivity index (χ0) is 16.4. The van der Waals surface area contributed by atoms with Crippen molar-refractivity contribution >= 4 is 27.5 Å². The van der Waals surface area contributed by atoms with Crippen molar-refractivity contribution in [2.24, 2.45) is 5.73 Å². The molecule has 0 atom stereocenters. The lowest BCUT2D eigenvalue weighted by Gasteiger charge is -2.08. The van der Waals surface area contributed by atoms with Crippen LogP contribution in [-0.2, 0) is 6.54 Å². The van der Waals surface area contributed by atoms with E-state index in [0.717, 1.165) is 16.8 Å². The number of rotatable bonds is 4. The molecular formula is C13H9BrFN3O4. The third kappa shape index (κ3) is 3.19. The number of halogens is 2. The van der Waals surface area contributed by atoms with Gasteiger partial charge in [-0.1, -0.05) is 6.07 Å². The third-order valence-electron chi connectivity index (χ3n) is 2.88. The molecule has 7 nitrogen and oxygen atoms in total. The molecule has 0 aliphatic carbocycles. The highest BCUT2D eigenvalue weighted by atomic mass is 79.9. The average Bonchev–Trinajstić information content (AvgIpc) is 2.44. The number of nitrogens with two attached hydrogens (primary N) is 1. The van der Waals surface area contributed by atoms with Gasteiger partial charge in [0.25, 0.3) is 17.2 Å². The molecule has 0 saturated heterocycles. The quantitative estimate of drug-likeness (QED) is 0.654. The number of benzene rings is 1. The standard InChI is InChI=1S/C13H9BrFN3O4/c14-10-3-7(1-2-11(10)15)5-17-6-8(18(21)22)4-9(12(16)19)13(17)20/h1-4,6H,5H2,(H2,16,19). The van der Waals surface area contributed by atoms with Crippen LogP contribution in [-0.4, -0.2) is 15.4 Å². The topological polar surface area (TPSA) is 108 Å². The van der Waals surface area contributed by atoms with Crippen LogP contribution in [0.2, 0.25) is 0 Å². The van der Waals surface area contributed by atoms with E-state index in [4.69, 9.17) is 5.73 Å². The Morgan fingerprint density at radius 3 is 2.64 bits per heavy atom. The van der Waals surface area contributed by atoms with E-state index in [1.807, 2.05) is 0 Å². The summed E-state index contributed by atoms with van der Waals surface area (Å²) in [5, 5.41) is 10.9. The van der Waals surface area contributed by atoms with Crippen LogP contribution in [0.25, 0.3) is 0 Å². The summed E-state index contributed by atoms with van der Waals surface area (Å²) in [6, 6.07) is 4.89. The zero-order valence-corrected chi connectivity index (χ0v) is 12.5. The van der Waals surface area contributed by atoms with Gasteiger partial charge in [0, 0.05) is 6.07 Å². The van der Waals surface area contributed by atoms with Crippen molar-refractivity contribution in [2.75, 3.05) is 0 Å². The van der Waals surface area contributed by atoms with Crippen LogP contribution in [0.1, 0.15) is 15.9 Å². The molecule has 22 heavy (non-hydrogen) atoms. The van der Waals surface area contributed by atoms with Crippen LogP contribution >= 0.6 is 15.9 Å². The molecule has 9 heteroatoms. The fourth-order valence-corrected chi connectivity index (χ4v) is 2.27. The van der Waals surface area contributed by atoms with Crippen molar-refractivity contribution in [3.8, 4) is 0 Å². The first-order valence-corrected chi connectivity index (χ1v) is 6.71. The van der Waals surface area contributed by atoms with Gasteiger partial charge in [0.05, 0.1) is 22.1 Å². The van der Waals surface area contributed by atoms with Crippen molar-refractivity contribution in [1.82, 2.24) is 4.57 Å². The number of hydrogen-bond donors (Lipinski definition) is 1. The van der Waals surface area contributed by atoms with E-state index in [2.05, 4.69) is 15.9 Å². The minimum Gasteiger partial charge on any atom is -0.365 e. The van der Waals surface area contributed by atoms with Crippen LogP contribution < -0.4 is 11.3 Å². The molecule has 2 N–H and O–H groups in total. The number of amides is 1. The number of nitrogens with zero attached hydrogens (tertiary/aromatic N) is 2. The Bertz CT molecular complexity index is 835. The second-order valence-corrected chi connectivity index (χ2v) is 5.27. The highest BCUT2D eigenvalue weighted by Gasteiger charge is 2.17. The predicted molar refractivity (Wildman–Crippen MR) is 79.1 cm³/mol. The van der Waals surface area contributed by atoms with Gasteiger partial charge in [-0.15, -0.1) is 0 Å². The van der Waals surface area contributed by atoms with E-state index >= 15 is 0 Å². The van der Waals surface area contributed by atoms with Crippen LogP contribution in [0, 0.1) is 15.9 Å². The normalized spacial score (nSPS) is 10.5. The zero-order valence-electron chi connectivity index (χ0n) is 11.0. The highest BCUT2D eigenvalue weighted by Crippen LogP contribution is 2.18. The van der Waals surface area contributed by atoms with Gasteiger partial charge in [-0.05, 0) is 33.6 Å². The summed E-state index contributed by atoms with van der Waals surface area (Å²) < 4.78 is 14.4. The van der Waals surface area contributed by atoms with E-state index in [1.54, 1.807) is 0 Å². The summed E-state index contributed by atoms with van der Waals surface area (Å²) in [7, 11) is 0. The summed E-state index contributed by atoms with van der Waals surface area (Å²) in [5.41, 5.74) is 3.91. The van der Waals surface area contributed by atoms with Crippen LogP contribution in [0.5, 0.6) is 0 Å². The highest BCUT2D eigenvalue weighted by molar-refractivity contribution is 9.10. The van der Waals surface area contributed by atoms with Gasteiger partial charge in [0.1, 0.15) is 11.4 Å². The molecule has 1 amide bonds. The molecule has 2 rings (SSSR count). The van der Waals surface area contributed by atoms with Crippen molar-refractivity contribution in [1.29, 1.82) is 0 Å². The summed E-state index contributed by atoms with van der Waals surface area (Å²) >= 11 is 3.01. The monoisotopic (exact) mass is 369 g/mol. The maximum absolute atomic E-state index is 13.2. The second kappa shape index (κ2) is 6.06. The smallest absolute Gasteiger partial charge is 0.286 e. The Labute approximate surface area is 131 Å². The van der Waals surface area contributed by atoms with E-state index in [-0.39, 0.29) is 11.0 Å². The summed E-state index contributed by atoms with van der Waals surface area (Å²) in [6.45, 7) is -0.0698. The van der Waals surface area contributed by atoms with Gasteiger partial charge < -0.3 is 10.3 Å². The van der Waals surface area contributed by atoms with Crippen molar-refractivity contribution in [3.05, 3.63) is 72.3 Å². The van der Waals surface area contributed by atoms with Gasteiger partial charge in [-0.25, -0.2) is 4.39 Å². The number of carbonyl (C=O) groups is 1. The Kier molecular flexibility index (Phi) is 4.36. The Morgan fingerprint density at radius 2 is 2.09 bits per heavy atom. The lowest BCUT2D eigenvalue weighted by Crippen LogP contribution is -2.30. The minimum absolute atomic E-state index is 0.0698. The maximum atomic E-state index is 13.2. The van der Waals surface area contributed by atoms with Gasteiger partial charge in [0.15, 0.2) is 0 Å². The minimum atomic E-state index is -1.05. The van der Waals surface area contributed by atoms with Crippen molar-refractivity contribution in [2.45, 2.75) is 6.54 Å². The fraction of sp³-hybridized carbons (Fsp3) is 0.0769. The Morgan fingerprint density at radius 1 is 1.41 bits per heavy atom. The van der Waals surface area contributed by atoms with Crippen molar-refractivity contribution in [3.63, 3.8) is 0 Å². The lowest BCUT2D eigenvalue weighted by atomic mass is 10.2. The van der Waals surface area contributed by atoms with Gasteiger partial charge in [-0.3, -0.25) is 19.7 Å². The summed E-state index contributed by atoms with van der Waals surface area (Å²) in [4.78, 5) is 33.5. The Hall–Kier alpha value is -2.55. The first kappa shape index (κ1) is 15.8. The molecule has 1 aromatic heterocycles. The second-order valence-electron chi connectivity index (χ2n) is 4.41. The number of carbonyl (C=O) groups excluding carboxylic acids is 1. The maximum Gasteiger partial charge on any atom is 0.286 e. The first-order chi connectivity index (χ1) is 10.3. The number of nitro groups is 1. The first-order valence-electron chi connectivity index (χ1n) is 5.92. The average molecular weight is 370 g/mol. The fourth-order valence-electron chi connectivity index (χ4n) is 1.85. The Balaban J connectivity index is 2.54. The molecule has 0 aliphatic rings. The molecule has 2 aromatic rings. The van der Waals surface area contributed by atoms with Crippen LogP contribution in [0.3, 0.4) is 0 Å². The molecule has 0 spiro atoms. The molecule has 0 saturated carbocycles. The van der Waals surface area contributed by atoms with Gasteiger partial charge >= 0.3 is 0 Å². The van der Waals surface area contributed by atoms with E-state index in [9.17, 15) is 24.1 Å². The summed E-state index contributed by atoms with van der Waals surface area (Å²) in [6.07, 6.45) is 1.01. The number of primary amides is 1. The third-order valence-corrected chi connectivity index (χ3v) is 3.49. The molecule has 0 unspecified atom stereocenters. The van der Waals surface area contributed by atoms with Crippen molar-refractivity contribution < 1.29 is 14.1 Å². The molecule has 0 radical (unpaired) electrons. The van der Waals surface area contributed by atoms with E-state index in [1.165, 1.54) is 18.2 Å². The SMILES string of the molecule is NC(=O)c1cc([N+](=O)[O-])cn(Cc2ccc(F)c(Br)c2)c1=O. The van der Waals surface area contributed by atoms with E-state index in [0.29, 0.717) is 5.56 Å². The molecular weight excluding hydrogens is 361 g/mol. The van der Waals surface area contributed by atoms with Crippen LogP contribution in [0.4, 0.5) is 10.1 Å². The molecule has 114 valence electrons. The molecule has 0 bridgehead atoms. The van der Waals surface area contributed by atoms with Crippen LogP contribution in [0.15, 0.2) is 39.7 Å². The molecule has 0 aliphatic heterocycles. The van der Waals surface area contributed by atoms with E-state index < -0.39 is 33.5 Å². The largest absolute Gasteiger partial charge is 0.365 e. The molecule has 1 aromatic carbocycles. The molecule has 0 fully saturated rings. The number of hydrogen-bond acceptors (Lipinski definition) is 4. The number of pyridine rings is 1.